The number of aryl methyl sites for hydroxylation is 1. The highest BCUT2D eigenvalue weighted by atomic mass is 16.3. The van der Waals surface area contributed by atoms with E-state index in [4.69, 9.17) is 0 Å². The third-order valence-corrected chi connectivity index (χ3v) is 7.00. The fourth-order valence-electron chi connectivity index (χ4n) is 5.89. The van der Waals surface area contributed by atoms with Gasteiger partial charge in [-0.2, -0.15) is 0 Å². The number of aromatic hydroxyl groups is 1. The van der Waals surface area contributed by atoms with Gasteiger partial charge >= 0.3 is 0 Å². The molecule has 5 heterocycles. The molecule has 0 spiro atoms. The predicted molar refractivity (Wildman–Crippen MR) is 106 cm³/mol. The summed E-state index contributed by atoms with van der Waals surface area (Å²) >= 11 is 0. The molecule has 6 rings (SSSR count). The van der Waals surface area contributed by atoms with Gasteiger partial charge in [0.15, 0.2) is 0 Å². The van der Waals surface area contributed by atoms with E-state index in [1.807, 2.05) is 18.3 Å². The molecule has 0 aliphatic carbocycles. The lowest BCUT2D eigenvalue weighted by atomic mass is 9.75. The summed E-state index contributed by atoms with van der Waals surface area (Å²) in [7, 11) is 0. The molecule has 5 heteroatoms. The molecule has 144 valence electrons. The number of fused-ring (bicyclic) bond motifs is 2. The maximum absolute atomic E-state index is 10.0. The van der Waals surface area contributed by atoms with Gasteiger partial charge in [0.25, 0.3) is 0 Å². The van der Waals surface area contributed by atoms with E-state index in [-0.39, 0.29) is 0 Å². The van der Waals surface area contributed by atoms with Crippen LogP contribution in [0.5, 0.6) is 5.75 Å². The summed E-state index contributed by atoms with van der Waals surface area (Å²) in [4.78, 5) is 10.1. The summed E-state index contributed by atoms with van der Waals surface area (Å²) in [5.41, 5.74) is 1.29. The number of nitrogens with zero attached hydrogens (tertiary/aromatic N) is 4. The largest absolute Gasteiger partial charge is 0.508 e. The number of rotatable bonds is 5. The van der Waals surface area contributed by atoms with Crippen molar-refractivity contribution < 1.29 is 5.11 Å². The molecular weight excluding hydrogens is 336 g/mol. The van der Waals surface area contributed by atoms with E-state index in [1.165, 1.54) is 37.3 Å². The standard InChI is InChI=1S/C22H30N4O/c1-2-9-24-12-8-23-20(24)15-26-14-19(17-4-3-5-18(27)13-17)22-21(26)16-6-10-25(22)11-7-16/h3-5,8,12-13,16,19,21-22,27H,2,6-7,9-11,14-15H2,1H3/t19-,21+,22+/m0/s1. The Hall–Kier alpha value is -1.85. The Morgan fingerprint density at radius 1 is 1.19 bits per heavy atom. The molecular formula is C22H30N4O. The van der Waals surface area contributed by atoms with E-state index >= 15 is 0 Å². The minimum atomic E-state index is 0.386. The first-order valence-corrected chi connectivity index (χ1v) is 10.5. The van der Waals surface area contributed by atoms with Gasteiger partial charge in [0.05, 0.1) is 6.54 Å². The first-order chi connectivity index (χ1) is 13.2. The molecule has 27 heavy (non-hydrogen) atoms. The summed E-state index contributed by atoms with van der Waals surface area (Å²) in [6.07, 6.45) is 7.86. The van der Waals surface area contributed by atoms with Crippen LogP contribution < -0.4 is 0 Å². The highest BCUT2D eigenvalue weighted by molar-refractivity contribution is 5.33. The van der Waals surface area contributed by atoms with Crippen molar-refractivity contribution >= 4 is 0 Å². The third-order valence-electron chi connectivity index (χ3n) is 7.00. The van der Waals surface area contributed by atoms with Crippen molar-refractivity contribution in [3.05, 3.63) is 48.0 Å². The van der Waals surface area contributed by atoms with Crippen LogP contribution in [0.4, 0.5) is 0 Å². The SMILES string of the molecule is CCCn1ccnc1CN1C[C@@H](c2cccc(O)c2)[C@@H]2[C@H]1C1CCN2CC1. The Morgan fingerprint density at radius 3 is 2.81 bits per heavy atom. The van der Waals surface area contributed by atoms with E-state index in [0.29, 0.717) is 23.8 Å². The molecule has 0 saturated carbocycles. The second-order valence-electron chi connectivity index (χ2n) is 8.52. The molecule has 4 aliphatic heterocycles. The average molecular weight is 367 g/mol. The number of phenolic OH excluding ortho intramolecular Hbond substituents is 1. The normalized spacial score (nSPS) is 32.7. The molecule has 0 radical (unpaired) electrons. The van der Waals surface area contributed by atoms with Crippen molar-refractivity contribution in [3.8, 4) is 5.75 Å². The second-order valence-corrected chi connectivity index (χ2v) is 8.52. The number of imidazole rings is 1. The summed E-state index contributed by atoms with van der Waals surface area (Å²) in [5.74, 6) is 2.86. The van der Waals surface area contributed by atoms with Crippen molar-refractivity contribution in [2.24, 2.45) is 5.92 Å². The fraction of sp³-hybridized carbons (Fsp3) is 0.591. The zero-order valence-electron chi connectivity index (χ0n) is 16.2. The molecule has 0 amide bonds. The molecule has 1 aromatic heterocycles. The molecule has 1 N–H and O–H groups in total. The predicted octanol–water partition coefficient (Wildman–Crippen LogP) is 3.06. The van der Waals surface area contributed by atoms with Gasteiger partial charge in [0.1, 0.15) is 11.6 Å². The maximum atomic E-state index is 10.0. The van der Waals surface area contributed by atoms with Crippen LogP contribution in [0.1, 0.15) is 43.5 Å². The Balaban J connectivity index is 1.46. The number of phenols is 1. The number of piperidine rings is 3. The number of likely N-dealkylation sites (tertiary alicyclic amines) is 1. The molecule has 4 saturated heterocycles. The lowest BCUT2D eigenvalue weighted by Gasteiger charge is -2.51. The van der Waals surface area contributed by atoms with Crippen molar-refractivity contribution in [3.63, 3.8) is 0 Å². The molecule has 2 aromatic rings. The monoisotopic (exact) mass is 366 g/mol. The zero-order chi connectivity index (χ0) is 18.4. The lowest BCUT2D eigenvalue weighted by Crippen LogP contribution is -2.60. The van der Waals surface area contributed by atoms with Crippen LogP contribution in [0.2, 0.25) is 0 Å². The van der Waals surface area contributed by atoms with Gasteiger partial charge in [-0.3, -0.25) is 9.80 Å². The van der Waals surface area contributed by atoms with Crippen LogP contribution in [0.3, 0.4) is 0 Å². The quantitative estimate of drug-likeness (QED) is 0.883. The highest BCUT2D eigenvalue weighted by Crippen LogP contribution is 2.47. The van der Waals surface area contributed by atoms with Gasteiger partial charge < -0.3 is 9.67 Å². The van der Waals surface area contributed by atoms with E-state index in [1.54, 1.807) is 6.07 Å². The molecule has 2 bridgehead atoms. The highest BCUT2D eigenvalue weighted by Gasteiger charge is 2.53. The minimum absolute atomic E-state index is 0.386. The van der Waals surface area contributed by atoms with E-state index < -0.39 is 0 Å². The van der Waals surface area contributed by atoms with Crippen molar-refractivity contribution in [2.45, 2.75) is 57.3 Å². The first-order valence-electron chi connectivity index (χ1n) is 10.5. The Kier molecular flexibility index (Phi) is 4.44. The number of aromatic nitrogens is 2. The van der Waals surface area contributed by atoms with Gasteiger partial charge in [0.2, 0.25) is 0 Å². The van der Waals surface area contributed by atoms with Crippen molar-refractivity contribution in [1.29, 1.82) is 0 Å². The minimum Gasteiger partial charge on any atom is -0.508 e. The maximum Gasteiger partial charge on any atom is 0.122 e. The first kappa shape index (κ1) is 17.3. The Morgan fingerprint density at radius 2 is 2.04 bits per heavy atom. The summed E-state index contributed by atoms with van der Waals surface area (Å²) in [6, 6.07) is 9.15. The van der Waals surface area contributed by atoms with Crippen molar-refractivity contribution in [1.82, 2.24) is 19.4 Å². The van der Waals surface area contributed by atoms with Crippen LogP contribution in [0.15, 0.2) is 36.7 Å². The van der Waals surface area contributed by atoms with Crippen LogP contribution in [0, 0.1) is 5.92 Å². The van der Waals surface area contributed by atoms with Gasteiger partial charge in [-0.25, -0.2) is 4.98 Å². The van der Waals surface area contributed by atoms with Gasteiger partial charge in [-0.05, 0) is 56.0 Å². The van der Waals surface area contributed by atoms with Gasteiger partial charge in [-0.1, -0.05) is 19.1 Å². The smallest absolute Gasteiger partial charge is 0.122 e. The van der Waals surface area contributed by atoms with Crippen LogP contribution in [-0.4, -0.2) is 56.2 Å². The molecule has 1 aromatic carbocycles. The van der Waals surface area contributed by atoms with Crippen LogP contribution in [0.25, 0.3) is 0 Å². The molecule has 4 fully saturated rings. The van der Waals surface area contributed by atoms with E-state index in [2.05, 4.69) is 38.5 Å². The third kappa shape index (κ3) is 2.97. The number of benzene rings is 1. The van der Waals surface area contributed by atoms with Crippen LogP contribution in [-0.2, 0) is 13.1 Å². The second kappa shape index (κ2) is 6.95. The number of hydrogen-bond acceptors (Lipinski definition) is 4. The topological polar surface area (TPSA) is 44.5 Å². The Labute approximate surface area is 161 Å². The summed E-state index contributed by atoms with van der Waals surface area (Å²) in [5, 5.41) is 10.0. The van der Waals surface area contributed by atoms with Gasteiger partial charge in [-0.15, -0.1) is 0 Å². The molecule has 5 nitrogen and oxygen atoms in total. The van der Waals surface area contributed by atoms with Gasteiger partial charge in [0, 0.05) is 43.5 Å². The zero-order valence-corrected chi connectivity index (χ0v) is 16.2. The summed E-state index contributed by atoms with van der Waals surface area (Å²) in [6.45, 7) is 7.74. The molecule has 0 unspecified atom stereocenters. The fourth-order valence-corrected chi connectivity index (χ4v) is 5.89. The Bertz CT molecular complexity index is 795. The van der Waals surface area contributed by atoms with Crippen LogP contribution >= 0.6 is 0 Å². The lowest BCUT2D eigenvalue weighted by molar-refractivity contribution is -0.00954. The average Bonchev–Trinajstić information content (AvgIpc) is 3.30. The summed E-state index contributed by atoms with van der Waals surface area (Å²) < 4.78 is 2.32. The molecule has 3 atom stereocenters. The van der Waals surface area contributed by atoms with E-state index in [9.17, 15) is 5.11 Å². The number of hydrogen-bond donors (Lipinski definition) is 1. The van der Waals surface area contributed by atoms with Crippen molar-refractivity contribution in [2.75, 3.05) is 19.6 Å². The van der Waals surface area contributed by atoms with E-state index in [0.717, 1.165) is 32.0 Å². The molecule has 4 aliphatic rings.